The third-order valence-corrected chi connectivity index (χ3v) is 2.53. The largest absolute Gasteiger partial charge is 0.355 e. The molecule has 0 aliphatic rings. The van der Waals surface area contributed by atoms with Gasteiger partial charge >= 0.3 is 0 Å². The third-order valence-electron chi connectivity index (χ3n) is 2.53. The second-order valence-electron chi connectivity index (χ2n) is 4.43. The maximum absolute atomic E-state index is 5.35. The van der Waals surface area contributed by atoms with Crippen molar-refractivity contribution >= 4 is 0 Å². The van der Waals surface area contributed by atoms with Crippen LogP contribution in [0.5, 0.6) is 0 Å². The Balaban J connectivity index is 3.10. The number of ether oxygens (including phenoxy) is 2. The summed E-state index contributed by atoms with van der Waals surface area (Å²) >= 11 is 0. The minimum atomic E-state index is 0.448. The third kappa shape index (κ3) is 15.4. The average Bonchev–Trinajstić information content (AvgIpc) is 2.39. The monoisotopic (exact) mass is 254 g/mol. The molecule has 0 aliphatic heterocycles. The first-order valence-corrected chi connectivity index (χ1v) is 7.39. The summed E-state index contributed by atoms with van der Waals surface area (Å²) in [6.07, 6.45) is 17.0. The smallest absolute Gasteiger partial charge is 0.146 e. The lowest BCUT2D eigenvalue weighted by Gasteiger charge is -2.03. The van der Waals surface area contributed by atoms with Crippen LogP contribution in [0.3, 0.4) is 0 Å². The van der Waals surface area contributed by atoms with E-state index in [1.165, 1.54) is 25.7 Å². The van der Waals surface area contributed by atoms with Gasteiger partial charge in [0.1, 0.15) is 6.79 Å². The summed E-state index contributed by atoms with van der Waals surface area (Å²) in [7, 11) is 0. The van der Waals surface area contributed by atoms with E-state index >= 15 is 0 Å². The summed E-state index contributed by atoms with van der Waals surface area (Å²) in [5, 5.41) is 0. The molecule has 0 radical (unpaired) electrons. The number of rotatable bonds is 13. The van der Waals surface area contributed by atoms with Gasteiger partial charge in [-0.3, -0.25) is 0 Å². The van der Waals surface area contributed by atoms with E-state index in [9.17, 15) is 0 Å². The Morgan fingerprint density at radius 3 is 2.06 bits per heavy atom. The van der Waals surface area contributed by atoms with Gasteiger partial charge in [0.15, 0.2) is 0 Å². The molecule has 0 aromatic rings. The van der Waals surface area contributed by atoms with Crippen molar-refractivity contribution in [2.75, 3.05) is 20.0 Å². The van der Waals surface area contributed by atoms with Crippen molar-refractivity contribution in [1.29, 1.82) is 0 Å². The molecule has 0 aromatic heterocycles. The predicted octanol–water partition coefficient (Wildman–Crippen LogP) is 4.86. The fourth-order valence-corrected chi connectivity index (χ4v) is 1.46. The van der Waals surface area contributed by atoms with Crippen molar-refractivity contribution in [2.45, 2.75) is 58.8 Å². The van der Waals surface area contributed by atoms with Gasteiger partial charge < -0.3 is 9.47 Å². The molecule has 2 heteroatoms. The van der Waals surface area contributed by atoms with Crippen LogP contribution >= 0.6 is 0 Å². The van der Waals surface area contributed by atoms with Gasteiger partial charge in [-0.1, -0.05) is 51.0 Å². The normalized spacial score (nSPS) is 11.9. The van der Waals surface area contributed by atoms with E-state index in [-0.39, 0.29) is 0 Å². The minimum Gasteiger partial charge on any atom is -0.355 e. The summed E-state index contributed by atoms with van der Waals surface area (Å²) in [5.74, 6) is 0. The summed E-state index contributed by atoms with van der Waals surface area (Å²) in [5.41, 5.74) is 0. The lowest BCUT2D eigenvalue weighted by Crippen LogP contribution is -2.01. The molecule has 2 nitrogen and oxygen atoms in total. The van der Waals surface area contributed by atoms with Crippen LogP contribution < -0.4 is 0 Å². The first-order chi connectivity index (χ1) is 8.91. The van der Waals surface area contributed by atoms with Crippen molar-refractivity contribution < 1.29 is 9.47 Å². The standard InChI is InChI=1S/C16H30O2/c1-3-5-6-7-8-9-10-11-12-13-15-18-16-17-14-4-2/h7-10H,3-6,11-16H2,1-2H3. The quantitative estimate of drug-likeness (QED) is 0.265. The molecule has 18 heavy (non-hydrogen) atoms. The van der Waals surface area contributed by atoms with Gasteiger partial charge in [0.05, 0.1) is 0 Å². The maximum Gasteiger partial charge on any atom is 0.146 e. The van der Waals surface area contributed by atoms with Crippen LogP contribution in [0, 0.1) is 0 Å². The summed E-state index contributed by atoms with van der Waals surface area (Å²) in [6.45, 7) is 6.38. The highest BCUT2D eigenvalue weighted by molar-refractivity contribution is 5.02. The molecule has 0 N–H and O–H groups in total. The summed E-state index contributed by atoms with van der Waals surface area (Å²) in [4.78, 5) is 0. The number of hydrogen-bond donors (Lipinski definition) is 0. The molecule has 0 unspecified atom stereocenters. The van der Waals surface area contributed by atoms with Crippen molar-refractivity contribution in [1.82, 2.24) is 0 Å². The van der Waals surface area contributed by atoms with Gasteiger partial charge in [0.2, 0.25) is 0 Å². The Bertz CT molecular complexity index is 197. The van der Waals surface area contributed by atoms with E-state index in [1.807, 2.05) is 0 Å². The van der Waals surface area contributed by atoms with Gasteiger partial charge in [-0.05, 0) is 32.1 Å². The van der Waals surface area contributed by atoms with Gasteiger partial charge in [-0.15, -0.1) is 0 Å². The van der Waals surface area contributed by atoms with Crippen LogP contribution in [0.2, 0.25) is 0 Å². The first kappa shape index (κ1) is 17.4. The van der Waals surface area contributed by atoms with E-state index < -0.39 is 0 Å². The van der Waals surface area contributed by atoms with Crippen LogP contribution in [-0.4, -0.2) is 20.0 Å². The van der Waals surface area contributed by atoms with Crippen molar-refractivity contribution in [3.63, 3.8) is 0 Å². The van der Waals surface area contributed by atoms with Crippen LogP contribution in [-0.2, 0) is 9.47 Å². The molecule has 106 valence electrons. The second-order valence-corrected chi connectivity index (χ2v) is 4.43. The van der Waals surface area contributed by atoms with Crippen LogP contribution in [0.25, 0.3) is 0 Å². The lowest BCUT2D eigenvalue weighted by molar-refractivity contribution is -0.0542. The highest BCUT2D eigenvalue weighted by Gasteiger charge is 1.88. The molecule has 0 atom stereocenters. The minimum absolute atomic E-state index is 0.448. The topological polar surface area (TPSA) is 18.5 Å². The van der Waals surface area contributed by atoms with Crippen LogP contribution in [0.1, 0.15) is 58.8 Å². The SMILES string of the molecule is CCCCC=CC=CCCCCOCOCCC. The predicted molar refractivity (Wildman–Crippen MR) is 78.7 cm³/mol. The highest BCUT2D eigenvalue weighted by Crippen LogP contribution is 1.99. The Morgan fingerprint density at radius 2 is 1.39 bits per heavy atom. The molecule has 0 aromatic carbocycles. The zero-order valence-corrected chi connectivity index (χ0v) is 12.2. The summed E-state index contributed by atoms with van der Waals surface area (Å²) < 4.78 is 10.6. The van der Waals surface area contributed by atoms with E-state index in [2.05, 4.69) is 38.2 Å². The van der Waals surface area contributed by atoms with Crippen LogP contribution in [0.4, 0.5) is 0 Å². The number of allylic oxidation sites excluding steroid dienone is 4. The van der Waals surface area contributed by atoms with Gasteiger partial charge in [0.25, 0.3) is 0 Å². The van der Waals surface area contributed by atoms with Crippen molar-refractivity contribution in [2.24, 2.45) is 0 Å². The van der Waals surface area contributed by atoms with Gasteiger partial charge in [-0.25, -0.2) is 0 Å². The molecule has 0 saturated carbocycles. The Hall–Kier alpha value is -0.600. The fourth-order valence-electron chi connectivity index (χ4n) is 1.46. The second kappa shape index (κ2) is 16.4. The number of unbranched alkanes of at least 4 members (excludes halogenated alkanes) is 4. The molecule has 0 aliphatic carbocycles. The summed E-state index contributed by atoms with van der Waals surface area (Å²) in [6, 6.07) is 0. The molecule has 0 amide bonds. The number of hydrogen-bond acceptors (Lipinski definition) is 2. The van der Waals surface area contributed by atoms with E-state index in [0.717, 1.165) is 32.5 Å². The zero-order valence-electron chi connectivity index (χ0n) is 12.2. The molecule has 0 fully saturated rings. The van der Waals surface area contributed by atoms with Crippen molar-refractivity contribution in [3.05, 3.63) is 24.3 Å². The van der Waals surface area contributed by atoms with E-state index in [0.29, 0.717) is 6.79 Å². The molecule has 0 rings (SSSR count). The molecular formula is C16H30O2. The maximum atomic E-state index is 5.35. The Labute approximate surface area is 113 Å². The molecule has 0 saturated heterocycles. The molecule has 0 bridgehead atoms. The zero-order chi connectivity index (χ0) is 13.3. The Morgan fingerprint density at radius 1 is 0.722 bits per heavy atom. The highest BCUT2D eigenvalue weighted by atomic mass is 16.7. The van der Waals surface area contributed by atoms with Gasteiger partial charge in [-0.2, -0.15) is 0 Å². The first-order valence-electron chi connectivity index (χ1n) is 7.39. The van der Waals surface area contributed by atoms with Gasteiger partial charge in [0, 0.05) is 13.2 Å². The van der Waals surface area contributed by atoms with Crippen LogP contribution in [0.15, 0.2) is 24.3 Å². The van der Waals surface area contributed by atoms with Crippen molar-refractivity contribution in [3.8, 4) is 0 Å². The fraction of sp³-hybridized carbons (Fsp3) is 0.750. The molecular weight excluding hydrogens is 224 g/mol. The lowest BCUT2D eigenvalue weighted by atomic mass is 10.2. The molecule has 0 spiro atoms. The average molecular weight is 254 g/mol. The molecule has 0 heterocycles. The van der Waals surface area contributed by atoms with E-state index in [4.69, 9.17) is 9.47 Å². The Kier molecular flexibility index (Phi) is 15.9. The van der Waals surface area contributed by atoms with E-state index in [1.54, 1.807) is 0 Å².